The fraction of sp³-hybridized carbons (Fsp3) is 0.615. The van der Waals surface area contributed by atoms with Gasteiger partial charge in [-0.15, -0.1) is 0 Å². The van der Waals surface area contributed by atoms with Gasteiger partial charge in [0, 0.05) is 12.2 Å². The molecule has 1 aromatic heterocycles. The fourth-order valence-electron chi connectivity index (χ4n) is 2.41. The third-order valence-electron chi connectivity index (χ3n) is 3.44. The van der Waals surface area contributed by atoms with E-state index in [-0.39, 0.29) is 12.0 Å². The molecule has 5 heteroatoms. The van der Waals surface area contributed by atoms with E-state index >= 15 is 0 Å². The molecular formula is C13H19N3O2. The smallest absolute Gasteiger partial charge is 0.306 e. The SMILES string of the molecule is Cc1cnc(C)c(NC2CCCC(C(=O)O)C2)n1. The molecule has 1 aliphatic carbocycles. The lowest BCUT2D eigenvalue weighted by Crippen LogP contribution is -2.31. The molecule has 18 heavy (non-hydrogen) atoms. The summed E-state index contributed by atoms with van der Waals surface area (Å²) in [6.45, 7) is 3.81. The summed E-state index contributed by atoms with van der Waals surface area (Å²) in [5.41, 5.74) is 1.73. The Balaban J connectivity index is 2.04. The van der Waals surface area contributed by atoms with E-state index in [2.05, 4.69) is 15.3 Å². The van der Waals surface area contributed by atoms with E-state index in [9.17, 15) is 4.79 Å². The van der Waals surface area contributed by atoms with Crippen molar-refractivity contribution in [1.29, 1.82) is 0 Å². The highest BCUT2D eigenvalue weighted by atomic mass is 16.4. The summed E-state index contributed by atoms with van der Waals surface area (Å²) < 4.78 is 0. The third kappa shape index (κ3) is 2.97. The predicted molar refractivity (Wildman–Crippen MR) is 68.5 cm³/mol. The average molecular weight is 249 g/mol. The predicted octanol–water partition coefficient (Wildman–Crippen LogP) is 2.15. The summed E-state index contributed by atoms with van der Waals surface area (Å²) >= 11 is 0. The van der Waals surface area contributed by atoms with Crippen molar-refractivity contribution in [3.05, 3.63) is 17.6 Å². The first-order valence-electron chi connectivity index (χ1n) is 6.36. The number of nitrogens with one attached hydrogen (secondary N) is 1. The zero-order valence-electron chi connectivity index (χ0n) is 10.8. The van der Waals surface area contributed by atoms with Gasteiger partial charge in [-0.3, -0.25) is 9.78 Å². The highest BCUT2D eigenvalue weighted by molar-refractivity contribution is 5.70. The first kappa shape index (κ1) is 12.8. The molecule has 0 saturated heterocycles. The second kappa shape index (κ2) is 5.33. The van der Waals surface area contributed by atoms with E-state index < -0.39 is 5.97 Å². The number of aliphatic carboxylic acids is 1. The van der Waals surface area contributed by atoms with Gasteiger partial charge in [0.05, 0.1) is 17.3 Å². The molecule has 1 saturated carbocycles. The molecule has 1 fully saturated rings. The Morgan fingerprint density at radius 2 is 2.22 bits per heavy atom. The van der Waals surface area contributed by atoms with Crippen LogP contribution in [0.1, 0.15) is 37.1 Å². The Kier molecular flexibility index (Phi) is 3.79. The van der Waals surface area contributed by atoms with E-state index in [1.54, 1.807) is 6.20 Å². The number of hydrogen-bond acceptors (Lipinski definition) is 4. The molecule has 2 unspecified atom stereocenters. The van der Waals surface area contributed by atoms with E-state index in [4.69, 9.17) is 5.11 Å². The Morgan fingerprint density at radius 3 is 2.94 bits per heavy atom. The van der Waals surface area contributed by atoms with Crippen LogP contribution < -0.4 is 5.32 Å². The van der Waals surface area contributed by atoms with Crippen LogP contribution in [0.2, 0.25) is 0 Å². The second-order valence-electron chi connectivity index (χ2n) is 4.99. The van der Waals surface area contributed by atoms with E-state index in [0.29, 0.717) is 6.42 Å². The van der Waals surface area contributed by atoms with Crippen LogP contribution in [0.15, 0.2) is 6.20 Å². The lowest BCUT2D eigenvalue weighted by Gasteiger charge is -2.28. The topological polar surface area (TPSA) is 75.1 Å². The van der Waals surface area contributed by atoms with Gasteiger partial charge in [0.15, 0.2) is 0 Å². The molecular weight excluding hydrogens is 230 g/mol. The largest absolute Gasteiger partial charge is 0.481 e. The monoisotopic (exact) mass is 249 g/mol. The van der Waals surface area contributed by atoms with Gasteiger partial charge < -0.3 is 10.4 Å². The van der Waals surface area contributed by atoms with Crippen LogP contribution in [-0.2, 0) is 4.79 Å². The van der Waals surface area contributed by atoms with Gasteiger partial charge in [-0.25, -0.2) is 4.98 Å². The minimum absolute atomic E-state index is 0.189. The number of carboxylic acid groups (broad SMARTS) is 1. The molecule has 98 valence electrons. The zero-order chi connectivity index (χ0) is 13.1. The maximum Gasteiger partial charge on any atom is 0.306 e. The fourth-order valence-corrected chi connectivity index (χ4v) is 2.41. The van der Waals surface area contributed by atoms with Crippen LogP contribution in [-0.4, -0.2) is 27.1 Å². The lowest BCUT2D eigenvalue weighted by molar-refractivity contribution is -0.142. The number of hydrogen-bond donors (Lipinski definition) is 2. The lowest BCUT2D eigenvalue weighted by atomic mass is 9.86. The highest BCUT2D eigenvalue weighted by Gasteiger charge is 2.27. The summed E-state index contributed by atoms with van der Waals surface area (Å²) in [4.78, 5) is 19.7. The summed E-state index contributed by atoms with van der Waals surface area (Å²) in [5.74, 6) is -0.131. The van der Waals surface area contributed by atoms with Crippen molar-refractivity contribution in [1.82, 2.24) is 9.97 Å². The molecule has 1 aliphatic rings. The van der Waals surface area contributed by atoms with E-state index in [1.165, 1.54) is 0 Å². The van der Waals surface area contributed by atoms with Crippen molar-refractivity contribution in [2.75, 3.05) is 5.32 Å². The zero-order valence-corrected chi connectivity index (χ0v) is 10.8. The van der Waals surface area contributed by atoms with Gasteiger partial charge in [-0.05, 0) is 33.1 Å². The molecule has 0 radical (unpaired) electrons. The number of aryl methyl sites for hydroxylation is 2. The highest BCUT2D eigenvalue weighted by Crippen LogP contribution is 2.27. The maximum atomic E-state index is 11.0. The number of rotatable bonds is 3. The Labute approximate surface area is 107 Å². The molecule has 2 rings (SSSR count). The van der Waals surface area contributed by atoms with Crippen molar-refractivity contribution in [3.8, 4) is 0 Å². The van der Waals surface area contributed by atoms with Crippen molar-refractivity contribution in [3.63, 3.8) is 0 Å². The van der Waals surface area contributed by atoms with Crippen molar-refractivity contribution >= 4 is 11.8 Å². The summed E-state index contributed by atoms with van der Waals surface area (Å²) in [5, 5.41) is 12.4. The Bertz CT molecular complexity index is 448. The first-order valence-corrected chi connectivity index (χ1v) is 6.36. The summed E-state index contributed by atoms with van der Waals surface area (Å²) in [7, 11) is 0. The van der Waals surface area contributed by atoms with E-state index in [1.807, 2.05) is 13.8 Å². The Hall–Kier alpha value is -1.65. The van der Waals surface area contributed by atoms with Gasteiger partial charge in [0.2, 0.25) is 0 Å². The molecule has 0 amide bonds. The molecule has 0 aromatic carbocycles. The van der Waals surface area contributed by atoms with Crippen LogP contribution >= 0.6 is 0 Å². The summed E-state index contributed by atoms with van der Waals surface area (Å²) in [6.07, 6.45) is 5.14. The third-order valence-corrected chi connectivity index (χ3v) is 3.44. The minimum atomic E-state index is -0.687. The molecule has 2 atom stereocenters. The molecule has 0 bridgehead atoms. The number of carboxylic acids is 1. The number of aromatic nitrogens is 2. The maximum absolute atomic E-state index is 11.0. The van der Waals surface area contributed by atoms with Gasteiger partial charge in [-0.2, -0.15) is 0 Å². The number of anilines is 1. The summed E-state index contributed by atoms with van der Waals surface area (Å²) in [6, 6.07) is 0.189. The van der Waals surface area contributed by atoms with Crippen molar-refractivity contribution < 1.29 is 9.90 Å². The number of carbonyl (C=O) groups is 1. The first-order chi connectivity index (χ1) is 8.56. The van der Waals surface area contributed by atoms with Gasteiger partial charge in [-0.1, -0.05) is 6.42 Å². The quantitative estimate of drug-likeness (QED) is 0.858. The van der Waals surface area contributed by atoms with Gasteiger partial charge in [0.1, 0.15) is 5.82 Å². The standard InChI is InChI=1S/C13H19N3O2/c1-8-7-14-9(2)12(15-8)16-11-5-3-4-10(6-11)13(17)18/h7,10-11H,3-6H2,1-2H3,(H,15,16)(H,17,18). The van der Waals surface area contributed by atoms with Crippen molar-refractivity contribution in [2.45, 2.75) is 45.6 Å². The Morgan fingerprint density at radius 1 is 1.44 bits per heavy atom. The average Bonchev–Trinajstić information content (AvgIpc) is 2.34. The van der Waals surface area contributed by atoms with Crippen LogP contribution in [0.4, 0.5) is 5.82 Å². The van der Waals surface area contributed by atoms with Crippen molar-refractivity contribution in [2.24, 2.45) is 5.92 Å². The second-order valence-corrected chi connectivity index (χ2v) is 4.99. The van der Waals surface area contributed by atoms with Crippen LogP contribution in [0.3, 0.4) is 0 Å². The molecule has 1 aromatic rings. The molecule has 2 N–H and O–H groups in total. The van der Waals surface area contributed by atoms with Gasteiger partial charge in [0.25, 0.3) is 0 Å². The normalized spacial score (nSPS) is 23.7. The minimum Gasteiger partial charge on any atom is -0.481 e. The van der Waals surface area contributed by atoms with Crippen LogP contribution in [0.25, 0.3) is 0 Å². The van der Waals surface area contributed by atoms with Crippen LogP contribution in [0, 0.1) is 19.8 Å². The molecule has 5 nitrogen and oxygen atoms in total. The molecule has 0 spiro atoms. The molecule has 0 aliphatic heterocycles. The molecule has 1 heterocycles. The van der Waals surface area contributed by atoms with Crippen LogP contribution in [0.5, 0.6) is 0 Å². The van der Waals surface area contributed by atoms with E-state index in [0.717, 1.165) is 36.5 Å². The number of nitrogens with zero attached hydrogens (tertiary/aromatic N) is 2. The van der Waals surface area contributed by atoms with Gasteiger partial charge >= 0.3 is 5.97 Å².